The van der Waals surface area contributed by atoms with Gasteiger partial charge in [-0.05, 0) is 60.6 Å². The number of aryl methyl sites for hydroxylation is 1. The number of esters is 2. The maximum absolute atomic E-state index is 13.5. The van der Waals surface area contributed by atoms with Crippen LogP contribution in [0, 0.1) is 6.92 Å². The maximum atomic E-state index is 13.5. The van der Waals surface area contributed by atoms with E-state index in [0.717, 1.165) is 9.87 Å². The average Bonchev–Trinajstić information content (AvgIpc) is 3.15. The Bertz CT molecular complexity index is 1120. The molecule has 1 aromatic carbocycles. The Balaban J connectivity index is 2.45. The highest BCUT2D eigenvalue weighted by molar-refractivity contribution is 7.89. The second kappa shape index (κ2) is 10.9. The van der Waals surface area contributed by atoms with Crippen LogP contribution in [-0.2, 0) is 33.8 Å². The van der Waals surface area contributed by atoms with Crippen molar-refractivity contribution >= 4 is 33.9 Å². The largest absolute Gasteiger partial charge is 0.467 e. The molecule has 0 saturated heterocycles. The molecule has 1 N–H and O–H groups in total. The van der Waals surface area contributed by atoms with Gasteiger partial charge in [0.1, 0.15) is 23.1 Å². The number of hydrogen-bond acceptors (Lipinski definition) is 9. The Labute approximate surface area is 212 Å². The summed E-state index contributed by atoms with van der Waals surface area (Å²) in [6.45, 7) is 11.5. The molecule has 1 aromatic rings. The predicted molar refractivity (Wildman–Crippen MR) is 132 cm³/mol. The van der Waals surface area contributed by atoms with Crippen molar-refractivity contribution in [1.82, 2.24) is 9.62 Å². The lowest BCUT2D eigenvalue weighted by Gasteiger charge is -2.28. The van der Waals surface area contributed by atoms with Gasteiger partial charge in [0.2, 0.25) is 0 Å². The van der Waals surface area contributed by atoms with Gasteiger partial charge in [0.05, 0.1) is 18.6 Å². The molecule has 0 bridgehead atoms. The minimum absolute atomic E-state index is 0.0137. The molecular weight excluding hydrogens is 490 g/mol. The lowest BCUT2D eigenvalue weighted by molar-refractivity contribution is -0.157. The monoisotopic (exact) mass is 525 g/mol. The number of hydrogen-bond donors (Lipinski definition) is 1. The summed E-state index contributed by atoms with van der Waals surface area (Å²) in [6, 6.07) is 3.70. The second-order valence-electron chi connectivity index (χ2n) is 10.4. The third-order valence-corrected chi connectivity index (χ3v) is 6.59. The van der Waals surface area contributed by atoms with Crippen LogP contribution in [0.25, 0.3) is 0 Å². The van der Waals surface area contributed by atoms with Gasteiger partial charge in [-0.2, -0.15) is 0 Å². The Kier molecular flexibility index (Phi) is 8.77. The van der Waals surface area contributed by atoms with E-state index in [1.165, 1.54) is 19.2 Å². The van der Waals surface area contributed by atoms with E-state index in [2.05, 4.69) is 10.3 Å². The molecule has 0 spiro atoms. The number of alkyl carbamates (subject to hydrolysis) is 1. The molecule has 1 aliphatic rings. The molecule has 2 rings (SSSR count). The topological polar surface area (TPSA) is 141 Å². The third-order valence-electron chi connectivity index (χ3n) is 4.78. The Hall–Kier alpha value is -3.15. The van der Waals surface area contributed by atoms with Crippen LogP contribution >= 0.6 is 0 Å². The summed E-state index contributed by atoms with van der Waals surface area (Å²) in [6.07, 6.45) is -1.26. The fourth-order valence-corrected chi connectivity index (χ4v) is 4.71. The molecule has 0 fully saturated rings. The zero-order valence-corrected chi connectivity index (χ0v) is 22.8. The molecule has 11 nitrogen and oxygen atoms in total. The smallest absolute Gasteiger partial charge is 0.408 e. The van der Waals surface area contributed by atoms with Crippen molar-refractivity contribution in [3.05, 3.63) is 29.8 Å². The average molecular weight is 526 g/mol. The van der Waals surface area contributed by atoms with E-state index < -0.39 is 51.3 Å². The SMILES string of the molecule is COC(=O)[C@@H]1CN(S(=O)(=O)c2ccc(C)cc2)C(C[C@@H](NC(=O)OC(C)(C)C)C(=O)OC(C)(C)C)=N1. The molecule has 200 valence electrons. The molecule has 0 unspecified atom stereocenters. The molecule has 0 aliphatic carbocycles. The number of ether oxygens (including phenoxy) is 3. The van der Waals surface area contributed by atoms with E-state index in [9.17, 15) is 22.8 Å². The Morgan fingerprint density at radius 3 is 2.11 bits per heavy atom. The van der Waals surface area contributed by atoms with Gasteiger partial charge in [-0.15, -0.1) is 0 Å². The lowest BCUT2D eigenvalue weighted by Crippen LogP contribution is -2.48. The number of carbonyl (C=O) groups is 3. The Morgan fingerprint density at radius 1 is 1.06 bits per heavy atom. The lowest BCUT2D eigenvalue weighted by atomic mass is 10.1. The van der Waals surface area contributed by atoms with Gasteiger partial charge in [0.15, 0.2) is 6.04 Å². The zero-order valence-electron chi connectivity index (χ0n) is 21.9. The summed E-state index contributed by atoms with van der Waals surface area (Å²) in [7, 11) is -2.98. The minimum Gasteiger partial charge on any atom is -0.467 e. The van der Waals surface area contributed by atoms with Crippen molar-refractivity contribution in [2.75, 3.05) is 13.7 Å². The number of sulfonamides is 1. The van der Waals surface area contributed by atoms with Crippen LogP contribution in [0.1, 0.15) is 53.5 Å². The van der Waals surface area contributed by atoms with Crippen LogP contribution in [0.4, 0.5) is 4.79 Å². The minimum atomic E-state index is -4.14. The number of carbonyl (C=O) groups excluding carboxylic acids is 3. The van der Waals surface area contributed by atoms with Gasteiger partial charge in [-0.1, -0.05) is 17.7 Å². The fraction of sp³-hybridized carbons (Fsp3) is 0.583. The molecule has 0 radical (unpaired) electrons. The fourth-order valence-electron chi connectivity index (χ4n) is 3.24. The number of benzene rings is 1. The first kappa shape index (κ1) is 29.1. The molecule has 36 heavy (non-hydrogen) atoms. The van der Waals surface area contributed by atoms with Gasteiger partial charge >= 0.3 is 18.0 Å². The molecule has 12 heteroatoms. The standard InChI is InChI=1S/C24H35N3O8S/c1-15-9-11-16(12-10-15)36(31,32)27-14-18(20(28)33-8)25-19(27)13-17(21(29)34-23(2,3)4)26-22(30)35-24(5,6)7/h9-12,17-18H,13-14H2,1-8H3,(H,26,30)/t17-,18+/m1/s1. The number of rotatable bonds is 7. The van der Waals surface area contributed by atoms with Crippen molar-refractivity contribution < 1.29 is 37.0 Å². The summed E-state index contributed by atoms with van der Waals surface area (Å²) in [4.78, 5) is 41.9. The van der Waals surface area contributed by atoms with Gasteiger partial charge in [0.25, 0.3) is 10.0 Å². The summed E-state index contributed by atoms with van der Waals surface area (Å²) in [5, 5.41) is 2.45. The molecule has 1 aliphatic heterocycles. The van der Waals surface area contributed by atoms with E-state index in [4.69, 9.17) is 14.2 Å². The quantitative estimate of drug-likeness (QED) is 0.423. The molecular formula is C24H35N3O8S. The van der Waals surface area contributed by atoms with Crippen LogP contribution in [0.15, 0.2) is 34.2 Å². The molecule has 1 amide bonds. The van der Waals surface area contributed by atoms with Gasteiger partial charge in [-0.3, -0.25) is 9.30 Å². The summed E-state index contributed by atoms with van der Waals surface area (Å²) in [5.41, 5.74) is -0.863. The molecule has 0 saturated carbocycles. The van der Waals surface area contributed by atoms with Crippen molar-refractivity contribution in [3.63, 3.8) is 0 Å². The van der Waals surface area contributed by atoms with Crippen LogP contribution in [0.2, 0.25) is 0 Å². The van der Waals surface area contributed by atoms with Gasteiger partial charge in [-0.25, -0.2) is 22.8 Å². The first-order valence-corrected chi connectivity index (χ1v) is 12.8. The predicted octanol–water partition coefficient (Wildman–Crippen LogP) is 2.56. The van der Waals surface area contributed by atoms with Crippen molar-refractivity contribution in [2.24, 2.45) is 4.99 Å². The number of methoxy groups -OCH3 is 1. The third kappa shape index (κ3) is 7.94. The Morgan fingerprint density at radius 2 is 1.61 bits per heavy atom. The van der Waals surface area contributed by atoms with Gasteiger partial charge in [0, 0.05) is 6.42 Å². The summed E-state index contributed by atoms with van der Waals surface area (Å²) in [5.74, 6) is -1.65. The van der Waals surface area contributed by atoms with Crippen LogP contribution in [0.3, 0.4) is 0 Å². The number of amides is 1. The van der Waals surface area contributed by atoms with E-state index in [0.29, 0.717) is 0 Å². The van der Waals surface area contributed by atoms with Crippen LogP contribution in [-0.4, -0.2) is 73.5 Å². The van der Waals surface area contributed by atoms with Crippen LogP contribution in [0.5, 0.6) is 0 Å². The number of amidine groups is 1. The highest BCUT2D eigenvalue weighted by Crippen LogP contribution is 2.25. The van der Waals surface area contributed by atoms with E-state index >= 15 is 0 Å². The molecule has 1 heterocycles. The van der Waals surface area contributed by atoms with Gasteiger partial charge < -0.3 is 19.5 Å². The normalized spacial score (nSPS) is 17.2. The number of nitrogens with zero attached hydrogens (tertiary/aromatic N) is 2. The molecule has 2 atom stereocenters. The summed E-state index contributed by atoms with van der Waals surface area (Å²) < 4.78 is 43.3. The maximum Gasteiger partial charge on any atom is 0.408 e. The van der Waals surface area contributed by atoms with Crippen molar-refractivity contribution in [1.29, 1.82) is 0 Å². The number of nitrogens with one attached hydrogen (secondary N) is 1. The van der Waals surface area contributed by atoms with Crippen molar-refractivity contribution in [2.45, 2.75) is 83.1 Å². The first-order valence-electron chi connectivity index (χ1n) is 11.4. The van der Waals surface area contributed by atoms with E-state index in [-0.39, 0.29) is 23.7 Å². The van der Waals surface area contributed by atoms with Crippen molar-refractivity contribution in [3.8, 4) is 0 Å². The highest BCUT2D eigenvalue weighted by Gasteiger charge is 2.41. The molecule has 0 aromatic heterocycles. The first-order chi connectivity index (χ1) is 16.4. The zero-order chi connectivity index (χ0) is 27.5. The van der Waals surface area contributed by atoms with E-state index in [1.807, 2.05) is 6.92 Å². The number of aliphatic imine (C=N–C) groups is 1. The summed E-state index contributed by atoms with van der Waals surface area (Å²) >= 11 is 0. The van der Waals surface area contributed by atoms with Crippen LogP contribution < -0.4 is 5.32 Å². The highest BCUT2D eigenvalue weighted by atomic mass is 32.2. The van der Waals surface area contributed by atoms with E-state index in [1.54, 1.807) is 53.7 Å². The second-order valence-corrected chi connectivity index (χ2v) is 12.2.